The number of ether oxygens (including phenoxy) is 1. The number of para-hydroxylation sites is 1. The van der Waals surface area contributed by atoms with E-state index in [2.05, 4.69) is 36.2 Å². The first kappa shape index (κ1) is 63.4. The Morgan fingerprint density at radius 1 is 0.897 bits per heavy atom. The molecule has 0 spiro atoms. The number of rotatable bonds is 24. The molecule has 87 heavy (non-hydrogen) atoms. The number of primary amides is 1. The summed E-state index contributed by atoms with van der Waals surface area (Å²) >= 11 is 1.56. The molecule has 3 aliphatic rings. The first-order chi connectivity index (χ1) is 41.3. The van der Waals surface area contributed by atoms with Gasteiger partial charge in [0.25, 0.3) is 11.4 Å². The summed E-state index contributed by atoms with van der Waals surface area (Å²) < 4.78 is 17.7. The Labute approximate surface area is 506 Å². The highest BCUT2D eigenvalue weighted by molar-refractivity contribution is 7.70. The molecule has 0 aliphatic carbocycles. The smallest absolute Gasteiger partial charge is 0.396 e. The minimum atomic E-state index is -5.06. The number of fused-ring (bicyclic) bond motifs is 1. The highest BCUT2D eigenvalue weighted by Crippen LogP contribution is 2.41. The Morgan fingerprint density at radius 3 is 2.36 bits per heavy atom. The summed E-state index contributed by atoms with van der Waals surface area (Å²) in [7, 11) is -5.06. The summed E-state index contributed by atoms with van der Waals surface area (Å²) in [6, 6.07) is 17.2. The first-order valence-electron chi connectivity index (χ1n) is 29.1. The van der Waals surface area contributed by atoms with E-state index in [9.17, 15) is 57.8 Å². The maximum atomic E-state index is 14.5. The number of thiazole rings is 1. The number of nitrogens with two attached hydrogens (primary N) is 1. The van der Waals surface area contributed by atoms with E-state index >= 15 is 0 Å². The van der Waals surface area contributed by atoms with Gasteiger partial charge in [0, 0.05) is 61.0 Å². The predicted molar refractivity (Wildman–Crippen MR) is 324 cm³/mol. The lowest BCUT2D eigenvalue weighted by Crippen LogP contribution is -2.57. The molecule has 6 heterocycles. The Kier molecular flexibility index (Phi) is 19.6. The van der Waals surface area contributed by atoms with E-state index in [1.807, 2.05) is 83.1 Å². The fourth-order valence-corrected chi connectivity index (χ4v) is 12.8. The van der Waals surface area contributed by atoms with Gasteiger partial charge in [-0.2, -0.15) is 0 Å². The van der Waals surface area contributed by atoms with E-state index in [-0.39, 0.29) is 80.8 Å². The summed E-state index contributed by atoms with van der Waals surface area (Å²) in [5.74, 6) is -3.17. The number of β-amino-alcohol motifs (C(OH)–C–C–N with tert-alkyl or cyclic N) is 1. The number of carbonyl (C=O) groups excluding carboxylic acids is 8. The fourth-order valence-electron chi connectivity index (χ4n) is 11.5. The number of hydrogen-bond donors (Lipinski definition) is 9. The Morgan fingerprint density at radius 2 is 1.64 bits per heavy atom. The van der Waals surface area contributed by atoms with Gasteiger partial charge >= 0.3 is 7.60 Å². The lowest BCUT2D eigenvalue weighted by molar-refractivity contribution is -0.144. The van der Waals surface area contributed by atoms with Crippen LogP contribution in [-0.4, -0.2) is 131 Å². The minimum Gasteiger partial charge on any atom is -0.475 e. The molecule has 10 N–H and O–H groups in total. The van der Waals surface area contributed by atoms with Crippen molar-refractivity contribution in [2.45, 2.75) is 148 Å². The van der Waals surface area contributed by atoms with Crippen molar-refractivity contribution >= 4 is 82.4 Å². The molecular formula is C62H73N10O13PS. The monoisotopic (exact) mass is 1230 g/mol. The third-order valence-electron chi connectivity index (χ3n) is 16.1. The van der Waals surface area contributed by atoms with Crippen molar-refractivity contribution in [3.63, 3.8) is 0 Å². The number of H-pyrrole nitrogens is 1. The zero-order chi connectivity index (χ0) is 62.5. The number of aromatic amines is 1. The number of aliphatic hydroxyl groups excluding tert-OH is 1. The number of carbonyl (C=O) groups is 8. The number of aliphatic hydroxyl groups is 1. The summed E-state index contributed by atoms with van der Waals surface area (Å²) in [4.78, 5) is 143. The molecule has 0 saturated carbocycles. The van der Waals surface area contributed by atoms with Crippen LogP contribution in [0.4, 0.5) is 5.69 Å². The molecule has 3 aromatic carbocycles. The normalized spacial score (nSPS) is 18.5. The second-order valence-corrected chi connectivity index (χ2v) is 26.1. The molecule has 9 rings (SSSR count). The molecular weight excluding hydrogens is 1160 g/mol. The summed E-state index contributed by atoms with van der Waals surface area (Å²) in [5.41, 5.74) is 11.4. The Balaban J connectivity index is 0.758. The van der Waals surface area contributed by atoms with Crippen molar-refractivity contribution in [2.24, 2.45) is 11.1 Å². The molecule has 7 amide bonds. The van der Waals surface area contributed by atoms with Crippen molar-refractivity contribution in [3.05, 3.63) is 130 Å². The van der Waals surface area contributed by atoms with Crippen molar-refractivity contribution in [1.82, 2.24) is 41.1 Å². The first-order valence-corrected chi connectivity index (χ1v) is 31.5. The van der Waals surface area contributed by atoms with Gasteiger partial charge in [0.15, 0.2) is 0 Å². The van der Waals surface area contributed by atoms with E-state index < -0.39 is 90.3 Å². The zero-order valence-electron chi connectivity index (χ0n) is 49.0. The summed E-state index contributed by atoms with van der Waals surface area (Å²) in [5, 5.41) is 22.8. The van der Waals surface area contributed by atoms with Gasteiger partial charge < -0.3 is 56.5 Å². The lowest BCUT2D eigenvalue weighted by Gasteiger charge is -2.35. The molecule has 1 fully saturated rings. The van der Waals surface area contributed by atoms with Gasteiger partial charge in [-0.15, -0.1) is 11.3 Å². The number of likely N-dealkylation sites (tertiary alicyclic amines) is 1. The number of amides is 7. The molecule has 23 nitrogen and oxygen atoms in total. The van der Waals surface area contributed by atoms with E-state index in [0.717, 1.165) is 38.4 Å². The number of anilines is 1. The highest BCUT2D eigenvalue weighted by atomic mass is 32.1. The van der Waals surface area contributed by atoms with E-state index in [1.54, 1.807) is 29.1 Å². The van der Waals surface area contributed by atoms with Crippen LogP contribution in [-0.2, 0) is 52.6 Å². The summed E-state index contributed by atoms with van der Waals surface area (Å²) in [6.07, 6.45) is 4.23. The number of aromatic nitrogens is 3. The van der Waals surface area contributed by atoms with Gasteiger partial charge in [-0.1, -0.05) is 69.7 Å². The molecule has 0 radical (unpaired) electrons. The number of nitrogens with one attached hydrogen (secondary N) is 5. The molecule has 1 saturated heterocycles. The molecule has 3 aromatic heterocycles. The third-order valence-corrected chi connectivity index (χ3v) is 17.9. The average Bonchev–Trinajstić information content (AvgIpc) is 1.72. The average molecular weight is 1230 g/mol. The molecule has 0 unspecified atom stereocenters. The van der Waals surface area contributed by atoms with Crippen molar-refractivity contribution < 1.29 is 62.6 Å². The minimum absolute atomic E-state index is 0.0291. The SMILES string of the molecule is Cc1ncsc1-c1ccc([C@H](C)NC(=O)[C@@H]2C[C@@H](O)CN2C(=O)[C@@H](NC(=O)CCCCCc2ccnc(OC[C@H](CCC(N)=O)NC(=O)[C@@H]3Cc4cccc5c4N3C(=O)[C@@H](NC(=O)c3cc4cc(C(=O)P(=O)(O)O)ccc4[nH]3)CC5)c2)C(C)(C)C)cc1. The third kappa shape index (κ3) is 15.2. The van der Waals surface area contributed by atoms with Crippen LogP contribution in [0, 0.1) is 12.3 Å². The molecule has 460 valence electrons. The Bertz CT molecular complexity index is 3650. The Hall–Kier alpha value is -8.15. The molecule has 7 atom stereocenters. The topological polar surface area (TPSA) is 346 Å². The van der Waals surface area contributed by atoms with Crippen LogP contribution >= 0.6 is 18.9 Å². The van der Waals surface area contributed by atoms with Crippen LogP contribution in [0.15, 0.2) is 90.6 Å². The van der Waals surface area contributed by atoms with Crippen molar-refractivity contribution in [2.75, 3.05) is 18.1 Å². The lowest BCUT2D eigenvalue weighted by atomic mass is 9.85. The van der Waals surface area contributed by atoms with Gasteiger partial charge in [0.2, 0.25) is 41.3 Å². The van der Waals surface area contributed by atoms with E-state index in [1.165, 1.54) is 34.1 Å². The number of nitrogens with zero attached hydrogens (tertiary/aromatic N) is 4. The van der Waals surface area contributed by atoms with Crippen LogP contribution < -0.4 is 36.6 Å². The number of benzene rings is 3. The highest BCUT2D eigenvalue weighted by Gasteiger charge is 2.46. The maximum Gasteiger partial charge on any atom is 0.396 e. The number of hydrogen-bond acceptors (Lipinski definition) is 14. The summed E-state index contributed by atoms with van der Waals surface area (Å²) in [6.45, 7) is 9.20. The van der Waals surface area contributed by atoms with Gasteiger partial charge in [0.05, 0.1) is 40.0 Å². The second kappa shape index (κ2) is 26.9. The van der Waals surface area contributed by atoms with Gasteiger partial charge in [-0.05, 0) is 116 Å². The van der Waals surface area contributed by atoms with Crippen LogP contribution in [0.25, 0.3) is 21.3 Å². The van der Waals surface area contributed by atoms with E-state index in [4.69, 9.17) is 10.5 Å². The largest absolute Gasteiger partial charge is 0.475 e. The quantitative estimate of drug-likeness (QED) is 0.0262. The predicted octanol–water partition coefficient (Wildman–Crippen LogP) is 5.62. The maximum absolute atomic E-state index is 14.5. The van der Waals surface area contributed by atoms with Crippen LogP contribution in [0.2, 0.25) is 0 Å². The molecule has 6 aromatic rings. The number of pyridine rings is 1. The standard InChI is InChI=1S/C62H73N10O13PS/c1-34(37-14-16-39(17-15-37)54-35(2)65-33-87-54)66-57(77)48-30-44(73)31-71(48)60(80)55(62(3,4)5)70-51(75)13-8-6-7-10-36-24-25-64-52(26-36)85-32-43(20-23-50(63)74)67-58(78)49-29-40-12-9-11-38-18-22-46(59(79)72(49)53(38)40)69-56(76)47-28-42-27-41(19-21-45(42)68-47)61(81)86(82,83)84/h9,11-12,14-17,19,21,24-28,33-34,43-44,46,48-49,55,68,73H,6-8,10,13,18,20,22-23,29-32H2,1-5H3,(H2,63,74)(H,66,77)(H,67,78)(H,69,76)(H,70,75)(H2,82,83,84)/t34-,43-,44+,46-,48-,49-,55+/m0/s1. The van der Waals surface area contributed by atoms with E-state index in [0.29, 0.717) is 48.7 Å². The zero-order valence-corrected chi connectivity index (χ0v) is 50.8. The number of unbranched alkanes of at least 4 members (excludes halogenated alkanes) is 2. The van der Waals surface area contributed by atoms with Gasteiger partial charge in [-0.3, -0.25) is 47.8 Å². The van der Waals surface area contributed by atoms with Gasteiger partial charge in [-0.25, -0.2) is 9.97 Å². The molecule has 0 bridgehead atoms. The van der Waals surface area contributed by atoms with Crippen LogP contribution in [0.5, 0.6) is 5.88 Å². The van der Waals surface area contributed by atoms with Crippen LogP contribution in [0.1, 0.15) is 134 Å². The fraction of sp³-hybridized carbons (Fsp3) is 0.419. The van der Waals surface area contributed by atoms with Crippen molar-refractivity contribution in [1.29, 1.82) is 0 Å². The van der Waals surface area contributed by atoms with Crippen molar-refractivity contribution in [3.8, 4) is 16.3 Å². The number of aryl methyl sites for hydroxylation is 3. The van der Waals surface area contributed by atoms with Crippen LogP contribution in [0.3, 0.4) is 0 Å². The van der Waals surface area contributed by atoms with Gasteiger partial charge in [0.1, 0.15) is 36.5 Å². The molecule has 3 aliphatic heterocycles. The molecule has 25 heteroatoms. The second-order valence-electron chi connectivity index (χ2n) is 23.7.